The van der Waals surface area contributed by atoms with Gasteiger partial charge in [-0.2, -0.15) is 13.8 Å². The molecule has 0 aliphatic rings. The number of hydrogen-bond acceptors (Lipinski definition) is 15. The van der Waals surface area contributed by atoms with Crippen LogP contribution in [0.2, 0.25) is 0 Å². The number of rotatable bonds is 8. The van der Waals surface area contributed by atoms with Crippen LogP contribution in [-0.2, 0) is 88.0 Å². The molecule has 0 unspecified atom stereocenters. The van der Waals surface area contributed by atoms with Crippen molar-refractivity contribution >= 4 is 35.8 Å². The monoisotopic (exact) mass is 1170 g/mol. The molecule has 0 aliphatic heterocycles. The Labute approximate surface area is 372 Å². The molecule has 21 heteroatoms. The van der Waals surface area contributed by atoms with Gasteiger partial charge in [0.2, 0.25) is 0 Å². The van der Waals surface area contributed by atoms with Crippen molar-refractivity contribution in [1.82, 2.24) is 0 Å². The summed E-state index contributed by atoms with van der Waals surface area (Å²) in [6, 6.07) is 0. The van der Waals surface area contributed by atoms with Crippen LogP contribution in [0.15, 0.2) is 0 Å². The Balaban J connectivity index is -0.0000000301. The van der Waals surface area contributed by atoms with E-state index in [0.717, 1.165) is 0 Å². The van der Waals surface area contributed by atoms with Gasteiger partial charge in [0, 0.05) is 61.8 Å². The fraction of sp³-hybridized carbons (Fsp3) is 0.806. The van der Waals surface area contributed by atoms with Crippen molar-refractivity contribution in [2.75, 3.05) is 0 Å². The van der Waals surface area contributed by atoms with Crippen molar-refractivity contribution in [3.05, 3.63) is 6.42 Å². The van der Waals surface area contributed by atoms with E-state index in [9.17, 15) is 54.3 Å². The summed E-state index contributed by atoms with van der Waals surface area (Å²) in [5, 5.41) is 64.0. The van der Waals surface area contributed by atoms with Gasteiger partial charge < -0.3 is 87.3 Å². The van der Waals surface area contributed by atoms with Crippen LogP contribution >= 0.6 is 0 Å². The van der Waals surface area contributed by atoms with Gasteiger partial charge in [0.05, 0.1) is 18.1 Å². The van der Waals surface area contributed by atoms with E-state index in [1.807, 2.05) is 48.0 Å². The van der Waals surface area contributed by atoms with Gasteiger partial charge in [-0.3, -0.25) is 4.79 Å². The zero-order valence-electron chi connectivity index (χ0n) is 37.9. The third-order valence-electron chi connectivity index (χ3n) is 3.40. The second-order valence-corrected chi connectivity index (χ2v) is 13.4. The number of aliphatic hydroxyl groups is 1. The maximum atomic E-state index is 9.70. The molecule has 0 radical (unpaired) electrons. The maximum absolute atomic E-state index is 9.70. The first-order chi connectivity index (χ1) is 23.5. The summed E-state index contributed by atoms with van der Waals surface area (Å²) >= 11 is -2.42. The summed E-state index contributed by atoms with van der Waals surface area (Å²) in [4.78, 5) is 57.6. The summed E-state index contributed by atoms with van der Waals surface area (Å²) < 4.78 is 22.4. The quantitative estimate of drug-likeness (QED) is 0.204. The first-order valence-corrected chi connectivity index (χ1v) is 19.8. The molecule has 0 atom stereocenters. The molecule has 0 saturated heterocycles. The number of carboxylic acids is 6. The summed E-state index contributed by atoms with van der Waals surface area (Å²) in [5.74, 6) is -7.64. The van der Waals surface area contributed by atoms with Gasteiger partial charge >= 0.3 is 34.6 Å². The Hall–Kier alpha value is -2.04. The number of carbonyl (C=O) groups is 6. The molecule has 57 heavy (non-hydrogen) atoms. The summed E-state index contributed by atoms with van der Waals surface area (Å²) in [6.45, 7) is 34.7. The van der Waals surface area contributed by atoms with Crippen LogP contribution in [0.25, 0.3) is 0 Å². The Morgan fingerprint density at radius 2 is 0.526 bits per heavy atom. The SMILES string of the molecule is CC(C)C(=O)O.CC(C)C(=O)[O-].CC(C)C(=O)[O-].CC(C)C(=O)[O-].CC(C)C(=O)[O-].CC(C)C(=O)[O-].CC(C)O.CC(C)OC(C)C.C[CH-]C.O.O.O.[Hf].[O]=[Hf]=[O]. The minimum absolute atomic E-state index is 0. The van der Waals surface area contributed by atoms with Crippen LogP contribution < -0.4 is 25.5 Å². The molecule has 0 bridgehead atoms. The van der Waals surface area contributed by atoms with Crippen molar-refractivity contribution in [2.45, 2.75) is 157 Å². The molecule has 0 rings (SSSR count). The zero-order valence-corrected chi connectivity index (χ0v) is 45.1. The van der Waals surface area contributed by atoms with E-state index in [1.165, 1.54) is 0 Å². The van der Waals surface area contributed by atoms with Crippen LogP contribution in [-0.4, -0.2) is 80.8 Å². The second kappa shape index (κ2) is 71.6. The fourth-order valence-electron chi connectivity index (χ4n) is 0.544. The molecule has 0 aromatic rings. The summed E-state index contributed by atoms with van der Waals surface area (Å²) in [6.07, 6.45) is 2.58. The normalized spacial score (nSPS) is 8.25. The molecule has 0 aliphatic carbocycles. The first kappa shape index (κ1) is 95.4. The summed E-state index contributed by atoms with van der Waals surface area (Å²) in [7, 11) is 0. The molecule has 19 nitrogen and oxygen atoms in total. The molecule has 8 N–H and O–H groups in total. The molecule has 350 valence electrons. The van der Waals surface area contributed by atoms with Crippen LogP contribution in [0.3, 0.4) is 0 Å². The molecule has 0 heterocycles. The minimum atomic E-state index is -2.42. The van der Waals surface area contributed by atoms with Crippen LogP contribution in [0.4, 0.5) is 0 Å². The number of carboxylic acid groups (broad SMARTS) is 6. The number of aliphatic hydroxyl groups excluding tert-OH is 1. The summed E-state index contributed by atoms with van der Waals surface area (Å²) in [5.41, 5.74) is 0. The number of hydrogen-bond donors (Lipinski definition) is 2. The molecule has 0 fully saturated rings. The average molecular weight is 1170 g/mol. The van der Waals surface area contributed by atoms with Gasteiger partial charge in [0.15, 0.2) is 0 Å². The van der Waals surface area contributed by atoms with E-state index in [2.05, 4.69) is 0 Å². The molecule has 0 amide bonds. The van der Waals surface area contributed by atoms with E-state index in [0.29, 0.717) is 12.2 Å². The van der Waals surface area contributed by atoms with Crippen molar-refractivity contribution in [2.24, 2.45) is 35.5 Å². The van der Waals surface area contributed by atoms with Gasteiger partial charge in [-0.25, -0.2) is 0 Å². The van der Waals surface area contributed by atoms with E-state index in [-0.39, 0.29) is 83.9 Å². The Morgan fingerprint density at radius 1 is 0.456 bits per heavy atom. The Kier molecular flexibility index (Phi) is 120. The third-order valence-corrected chi connectivity index (χ3v) is 3.40. The molecular formula is C36H78Hf2O19-6. The van der Waals surface area contributed by atoms with Gasteiger partial charge in [-0.05, 0) is 71.1 Å². The Bertz CT molecular complexity index is 737. The number of aliphatic carboxylic acids is 6. The van der Waals surface area contributed by atoms with Gasteiger partial charge in [0.25, 0.3) is 0 Å². The van der Waals surface area contributed by atoms with Crippen LogP contribution in [0.5, 0.6) is 0 Å². The van der Waals surface area contributed by atoms with Gasteiger partial charge in [-0.15, -0.1) is 0 Å². The molecule has 0 spiro atoms. The van der Waals surface area contributed by atoms with Gasteiger partial charge in [-0.1, -0.05) is 83.1 Å². The fourth-order valence-corrected chi connectivity index (χ4v) is 0.544. The number of ether oxygens (including phenoxy) is 1. The van der Waals surface area contributed by atoms with E-state index in [1.54, 1.807) is 96.9 Å². The topological polar surface area (TPSA) is 396 Å². The van der Waals surface area contributed by atoms with Gasteiger partial charge in [0.1, 0.15) is 0 Å². The standard InChI is InChI=1S/C6H14O.6C4H8O2.C3H8O.C3H7.2Hf.3H2O.2O/c1-5(2)7-6(3)4;6*1-3(2)4(5)6;1-3(2)4;1-3-2;;;;;;;/h5-6H,1-4H3;6*3H,1-2H3,(H,5,6);3-4H,1-2H3;3H,1-2H3;;;3*1H2;;/q;;;;;;;;-1;;;;;;;/p-5. The van der Waals surface area contributed by atoms with E-state index >= 15 is 0 Å². The van der Waals surface area contributed by atoms with E-state index in [4.69, 9.17) is 20.7 Å². The molecular weight excluding hydrogens is 1090 g/mol. The third kappa shape index (κ3) is 216. The average Bonchev–Trinajstić information content (AvgIpc) is 2.94. The van der Waals surface area contributed by atoms with Crippen LogP contribution in [0.1, 0.15) is 138 Å². The zero-order chi connectivity index (χ0) is 45.8. The van der Waals surface area contributed by atoms with Crippen LogP contribution in [0, 0.1) is 41.9 Å². The molecule has 0 aromatic carbocycles. The van der Waals surface area contributed by atoms with Crippen molar-refractivity contribution in [3.8, 4) is 0 Å². The number of carbonyl (C=O) groups excluding carboxylic acids is 5. The van der Waals surface area contributed by atoms with Crippen molar-refractivity contribution < 1.29 is 140 Å². The van der Waals surface area contributed by atoms with E-state index < -0.39 is 58.7 Å². The first-order valence-electron chi connectivity index (χ1n) is 16.9. The predicted octanol–water partition coefficient (Wildman–Crippen LogP) is -1.59. The molecule has 0 aromatic heterocycles. The predicted molar refractivity (Wildman–Crippen MR) is 198 cm³/mol. The van der Waals surface area contributed by atoms with Crippen molar-refractivity contribution in [3.63, 3.8) is 0 Å². The van der Waals surface area contributed by atoms with Crippen molar-refractivity contribution in [1.29, 1.82) is 0 Å². The molecule has 0 saturated carbocycles. The Morgan fingerprint density at radius 3 is 0.526 bits per heavy atom. The second-order valence-electron chi connectivity index (χ2n) is 12.8.